The van der Waals surface area contributed by atoms with E-state index in [1.807, 2.05) is 6.92 Å². The lowest BCUT2D eigenvalue weighted by atomic mass is 10.1. The monoisotopic (exact) mass is 385 g/mol. The van der Waals surface area contributed by atoms with Crippen molar-refractivity contribution in [2.45, 2.75) is 32.8 Å². The zero-order valence-electron chi connectivity index (χ0n) is 14.8. The molecule has 0 saturated carbocycles. The van der Waals surface area contributed by atoms with Gasteiger partial charge < -0.3 is 9.47 Å². The Kier molecular flexibility index (Phi) is 7.04. The standard InChI is InChI=1S/C19H19F4NO3/c1-3-11-7-8-16(13(9-11)18(22)23)27-10-14-12(17(20)21)5-4-6-15(14)24-19(25)26-2/h4-9,17-18H,3,10H2,1-2H3,(H,24,25). The van der Waals surface area contributed by atoms with E-state index in [9.17, 15) is 22.4 Å². The zero-order chi connectivity index (χ0) is 20.0. The molecule has 1 N–H and O–H groups in total. The number of benzene rings is 2. The summed E-state index contributed by atoms with van der Waals surface area (Å²) in [5.41, 5.74) is 0.0684. The SMILES string of the molecule is CCc1ccc(OCc2c(NC(=O)OC)cccc2C(F)F)c(C(F)F)c1. The normalized spacial score (nSPS) is 11.0. The van der Waals surface area contributed by atoms with Crippen molar-refractivity contribution in [1.29, 1.82) is 0 Å². The van der Waals surface area contributed by atoms with Crippen LogP contribution in [0.25, 0.3) is 0 Å². The van der Waals surface area contributed by atoms with Crippen LogP contribution in [-0.4, -0.2) is 13.2 Å². The van der Waals surface area contributed by atoms with Gasteiger partial charge in [-0.3, -0.25) is 5.32 Å². The molecule has 0 spiro atoms. The molecule has 0 aliphatic rings. The maximum absolute atomic E-state index is 13.3. The van der Waals surface area contributed by atoms with Crippen LogP contribution in [0.4, 0.5) is 28.0 Å². The van der Waals surface area contributed by atoms with Gasteiger partial charge in [-0.15, -0.1) is 0 Å². The average Bonchev–Trinajstić information content (AvgIpc) is 2.66. The molecule has 0 aliphatic carbocycles. The van der Waals surface area contributed by atoms with Gasteiger partial charge in [0, 0.05) is 11.1 Å². The highest BCUT2D eigenvalue weighted by Crippen LogP contribution is 2.33. The Bertz CT molecular complexity index is 797. The first-order valence-electron chi connectivity index (χ1n) is 8.16. The van der Waals surface area contributed by atoms with Crippen molar-refractivity contribution in [3.63, 3.8) is 0 Å². The number of amides is 1. The second-order valence-corrected chi connectivity index (χ2v) is 5.61. The number of nitrogens with one attached hydrogen (secondary N) is 1. The number of aryl methyl sites for hydroxylation is 1. The molecule has 2 aromatic rings. The number of alkyl halides is 4. The predicted octanol–water partition coefficient (Wildman–Crippen LogP) is 5.88. The van der Waals surface area contributed by atoms with Gasteiger partial charge in [0.25, 0.3) is 12.9 Å². The molecule has 0 unspecified atom stereocenters. The number of carbonyl (C=O) groups is 1. The number of anilines is 1. The van der Waals surface area contributed by atoms with E-state index in [1.165, 1.54) is 30.3 Å². The van der Waals surface area contributed by atoms with Crippen LogP contribution < -0.4 is 10.1 Å². The predicted molar refractivity (Wildman–Crippen MR) is 92.5 cm³/mol. The molecule has 1 amide bonds. The third kappa shape index (κ3) is 5.12. The van der Waals surface area contributed by atoms with Crippen molar-refractivity contribution in [3.05, 3.63) is 58.7 Å². The lowest BCUT2D eigenvalue weighted by molar-refractivity contribution is 0.141. The summed E-state index contributed by atoms with van der Waals surface area (Å²) in [5.74, 6) is -0.102. The first-order chi connectivity index (χ1) is 12.9. The second-order valence-electron chi connectivity index (χ2n) is 5.61. The summed E-state index contributed by atoms with van der Waals surface area (Å²) >= 11 is 0. The zero-order valence-corrected chi connectivity index (χ0v) is 14.8. The van der Waals surface area contributed by atoms with Crippen LogP contribution in [0, 0.1) is 0 Å². The summed E-state index contributed by atoms with van der Waals surface area (Å²) < 4.78 is 63.2. The molecule has 2 rings (SSSR count). The molecule has 0 radical (unpaired) electrons. The van der Waals surface area contributed by atoms with E-state index in [4.69, 9.17) is 4.74 Å². The van der Waals surface area contributed by atoms with E-state index < -0.39 is 25.6 Å². The van der Waals surface area contributed by atoms with Crippen LogP contribution >= 0.6 is 0 Å². The summed E-state index contributed by atoms with van der Waals surface area (Å²) in [5, 5.41) is 2.32. The van der Waals surface area contributed by atoms with Crippen LogP contribution in [0.15, 0.2) is 36.4 Å². The molecular weight excluding hydrogens is 366 g/mol. The Labute approximate surface area is 154 Å². The van der Waals surface area contributed by atoms with E-state index >= 15 is 0 Å². The van der Waals surface area contributed by atoms with Gasteiger partial charge in [0.15, 0.2) is 0 Å². The third-order valence-corrected chi connectivity index (χ3v) is 3.96. The molecule has 0 heterocycles. The fraction of sp³-hybridized carbons (Fsp3) is 0.316. The first kappa shape index (κ1) is 20.5. The van der Waals surface area contributed by atoms with Gasteiger partial charge >= 0.3 is 6.09 Å². The molecule has 146 valence electrons. The molecule has 0 aromatic heterocycles. The number of carbonyl (C=O) groups excluding carboxylic acids is 1. The van der Waals surface area contributed by atoms with Gasteiger partial charge in [0.05, 0.1) is 18.4 Å². The Morgan fingerprint density at radius 2 is 1.78 bits per heavy atom. The third-order valence-electron chi connectivity index (χ3n) is 3.96. The molecular formula is C19H19F4NO3. The summed E-state index contributed by atoms with van der Waals surface area (Å²) in [6, 6.07) is 8.27. The number of hydrogen-bond donors (Lipinski definition) is 1. The van der Waals surface area contributed by atoms with Crippen molar-refractivity contribution in [1.82, 2.24) is 0 Å². The Hall–Kier alpha value is -2.77. The largest absolute Gasteiger partial charge is 0.488 e. The van der Waals surface area contributed by atoms with Gasteiger partial charge in [-0.1, -0.05) is 25.1 Å². The van der Waals surface area contributed by atoms with Crippen molar-refractivity contribution in [2.24, 2.45) is 0 Å². The number of hydrogen-bond acceptors (Lipinski definition) is 3. The van der Waals surface area contributed by atoms with Gasteiger partial charge in [0.1, 0.15) is 12.4 Å². The topological polar surface area (TPSA) is 47.6 Å². The minimum absolute atomic E-state index is 0.0160. The minimum atomic E-state index is -2.83. The van der Waals surface area contributed by atoms with Crippen molar-refractivity contribution in [3.8, 4) is 5.75 Å². The van der Waals surface area contributed by atoms with Gasteiger partial charge in [-0.05, 0) is 30.2 Å². The molecule has 0 atom stereocenters. The maximum atomic E-state index is 13.3. The highest BCUT2D eigenvalue weighted by atomic mass is 19.3. The molecule has 0 saturated heterocycles. The summed E-state index contributed by atoms with van der Waals surface area (Å²) in [6.45, 7) is 1.40. The summed E-state index contributed by atoms with van der Waals surface area (Å²) in [7, 11) is 1.13. The minimum Gasteiger partial charge on any atom is -0.488 e. The fourth-order valence-electron chi connectivity index (χ4n) is 2.52. The van der Waals surface area contributed by atoms with Crippen LogP contribution in [0.1, 0.15) is 42.0 Å². The van der Waals surface area contributed by atoms with Gasteiger partial charge in [-0.2, -0.15) is 0 Å². The lowest BCUT2D eigenvalue weighted by Crippen LogP contribution is -2.14. The number of halogens is 4. The van der Waals surface area contributed by atoms with Crippen LogP contribution in [0.5, 0.6) is 5.75 Å². The highest BCUT2D eigenvalue weighted by molar-refractivity contribution is 5.85. The number of ether oxygens (including phenoxy) is 2. The van der Waals surface area contributed by atoms with Gasteiger partial charge in [-0.25, -0.2) is 22.4 Å². The van der Waals surface area contributed by atoms with Crippen molar-refractivity contribution in [2.75, 3.05) is 12.4 Å². The van der Waals surface area contributed by atoms with Crippen LogP contribution in [-0.2, 0) is 17.8 Å². The fourth-order valence-corrected chi connectivity index (χ4v) is 2.52. The quantitative estimate of drug-likeness (QED) is 0.606. The summed E-state index contributed by atoms with van der Waals surface area (Å²) in [4.78, 5) is 11.4. The van der Waals surface area contributed by atoms with E-state index in [1.54, 1.807) is 6.07 Å². The van der Waals surface area contributed by atoms with Gasteiger partial charge in [0.2, 0.25) is 0 Å². The average molecular weight is 385 g/mol. The maximum Gasteiger partial charge on any atom is 0.411 e. The molecule has 0 bridgehead atoms. The van der Waals surface area contributed by atoms with Crippen LogP contribution in [0.2, 0.25) is 0 Å². The highest BCUT2D eigenvalue weighted by Gasteiger charge is 2.20. The molecule has 0 fully saturated rings. The molecule has 4 nitrogen and oxygen atoms in total. The Morgan fingerprint density at radius 3 is 2.37 bits per heavy atom. The first-order valence-corrected chi connectivity index (χ1v) is 8.16. The molecule has 8 heteroatoms. The smallest absolute Gasteiger partial charge is 0.411 e. The van der Waals surface area contributed by atoms with Crippen LogP contribution in [0.3, 0.4) is 0 Å². The second kappa shape index (κ2) is 9.25. The van der Waals surface area contributed by atoms with E-state index in [-0.39, 0.29) is 28.1 Å². The van der Waals surface area contributed by atoms with Crippen molar-refractivity contribution < 1.29 is 31.8 Å². The van der Waals surface area contributed by atoms with E-state index in [0.717, 1.165) is 7.11 Å². The molecule has 2 aromatic carbocycles. The lowest BCUT2D eigenvalue weighted by Gasteiger charge is -2.17. The van der Waals surface area contributed by atoms with Crippen molar-refractivity contribution >= 4 is 11.8 Å². The molecule has 27 heavy (non-hydrogen) atoms. The van der Waals surface area contributed by atoms with E-state index in [2.05, 4.69) is 10.1 Å². The Morgan fingerprint density at radius 1 is 1.07 bits per heavy atom. The summed E-state index contributed by atoms with van der Waals surface area (Å²) in [6.07, 6.45) is -5.88. The molecule has 0 aliphatic heterocycles. The number of methoxy groups -OCH3 is 1. The van der Waals surface area contributed by atoms with E-state index in [0.29, 0.717) is 12.0 Å². The number of rotatable bonds is 7. The Balaban J connectivity index is 2.35.